The molecule has 0 unspecified atom stereocenters. The summed E-state index contributed by atoms with van der Waals surface area (Å²) in [5.74, 6) is 1.82. The molecule has 0 atom stereocenters. The van der Waals surface area contributed by atoms with Crippen LogP contribution in [0.25, 0.3) is 0 Å². The fourth-order valence-corrected chi connectivity index (χ4v) is 2.77. The summed E-state index contributed by atoms with van der Waals surface area (Å²) in [4.78, 5) is 14.2. The normalized spacial score (nSPS) is 16.6. The van der Waals surface area contributed by atoms with E-state index in [0.29, 0.717) is 36.4 Å². The van der Waals surface area contributed by atoms with Crippen molar-refractivity contribution in [3.63, 3.8) is 0 Å². The number of furan rings is 1. The lowest BCUT2D eigenvalue weighted by Crippen LogP contribution is -2.38. The molecule has 0 aromatic carbocycles. The SMILES string of the molecule is CCc1nnc(CN2CCC(CNC(=O)c3ccoc3)CC2)o1. The second-order valence-electron chi connectivity index (χ2n) is 5.88. The molecule has 23 heavy (non-hydrogen) atoms. The number of piperidine rings is 1. The fraction of sp³-hybridized carbons (Fsp3) is 0.562. The minimum absolute atomic E-state index is 0.0702. The van der Waals surface area contributed by atoms with Gasteiger partial charge in [0.2, 0.25) is 11.8 Å². The Hall–Kier alpha value is -2.15. The first-order valence-electron chi connectivity index (χ1n) is 8.08. The molecular weight excluding hydrogens is 296 g/mol. The van der Waals surface area contributed by atoms with Gasteiger partial charge >= 0.3 is 0 Å². The lowest BCUT2D eigenvalue weighted by atomic mass is 9.96. The Bertz CT molecular complexity index is 615. The molecule has 1 fully saturated rings. The molecule has 1 N–H and O–H groups in total. The Labute approximate surface area is 135 Å². The fourth-order valence-electron chi connectivity index (χ4n) is 2.77. The number of nitrogens with zero attached hydrogens (tertiary/aromatic N) is 3. The summed E-state index contributed by atoms with van der Waals surface area (Å²) in [7, 11) is 0. The van der Waals surface area contributed by atoms with Crippen LogP contribution in [0.3, 0.4) is 0 Å². The maximum absolute atomic E-state index is 11.9. The summed E-state index contributed by atoms with van der Waals surface area (Å²) in [6.45, 7) is 5.38. The molecule has 1 amide bonds. The molecule has 1 aliphatic rings. The maximum Gasteiger partial charge on any atom is 0.254 e. The first kappa shape index (κ1) is 15.7. The average Bonchev–Trinajstić information content (AvgIpc) is 3.25. The minimum atomic E-state index is -0.0702. The molecule has 0 radical (unpaired) electrons. The van der Waals surface area contributed by atoms with Crippen molar-refractivity contribution in [1.82, 2.24) is 20.4 Å². The van der Waals surface area contributed by atoms with Crippen LogP contribution < -0.4 is 5.32 Å². The predicted molar refractivity (Wildman–Crippen MR) is 82.7 cm³/mol. The minimum Gasteiger partial charge on any atom is -0.472 e. The summed E-state index contributed by atoms with van der Waals surface area (Å²) in [5.41, 5.74) is 0.575. The van der Waals surface area contributed by atoms with E-state index in [4.69, 9.17) is 8.83 Å². The van der Waals surface area contributed by atoms with E-state index in [1.165, 1.54) is 12.5 Å². The molecule has 1 saturated heterocycles. The molecule has 2 aromatic rings. The Kier molecular flexibility index (Phi) is 5.07. The molecule has 0 saturated carbocycles. The van der Waals surface area contributed by atoms with Crippen molar-refractivity contribution in [2.24, 2.45) is 5.92 Å². The van der Waals surface area contributed by atoms with Crippen molar-refractivity contribution in [3.8, 4) is 0 Å². The Morgan fingerprint density at radius 2 is 2.13 bits per heavy atom. The molecule has 2 aromatic heterocycles. The average molecular weight is 318 g/mol. The van der Waals surface area contributed by atoms with Gasteiger partial charge in [0.1, 0.15) is 6.26 Å². The molecule has 0 aliphatic carbocycles. The number of nitrogens with one attached hydrogen (secondary N) is 1. The highest BCUT2D eigenvalue weighted by Gasteiger charge is 2.21. The highest BCUT2D eigenvalue weighted by Crippen LogP contribution is 2.18. The summed E-state index contributed by atoms with van der Waals surface area (Å²) >= 11 is 0. The molecule has 3 heterocycles. The third-order valence-corrected chi connectivity index (χ3v) is 4.21. The van der Waals surface area contributed by atoms with Crippen LogP contribution in [0.4, 0.5) is 0 Å². The maximum atomic E-state index is 11.9. The van der Waals surface area contributed by atoms with Gasteiger partial charge in [-0.2, -0.15) is 0 Å². The predicted octanol–water partition coefficient (Wildman–Crippen LogP) is 1.87. The van der Waals surface area contributed by atoms with Crippen molar-refractivity contribution in [3.05, 3.63) is 35.9 Å². The van der Waals surface area contributed by atoms with Gasteiger partial charge in [-0.25, -0.2) is 0 Å². The van der Waals surface area contributed by atoms with Crippen LogP contribution >= 0.6 is 0 Å². The number of rotatable bonds is 6. The molecule has 1 aliphatic heterocycles. The lowest BCUT2D eigenvalue weighted by molar-refractivity contribution is 0.0933. The second kappa shape index (κ2) is 7.41. The molecule has 3 rings (SSSR count). The number of aryl methyl sites for hydroxylation is 1. The number of carbonyl (C=O) groups excluding carboxylic acids is 1. The topological polar surface area (TPSA) is 84.4 Å². The van der Waals surface area contributed by atoms with Crippen molar-refractivity contribution in [1.29, 1.82) is 0 Å². The first-order valence-corrected chi connectivity index (χ1v) is 8.08. The van der Waals surface area contributed by atoms with Gasteiger partial charge < -0.3 is 14.2 Å². The number of hydrogen-bond donors (Lipinski definition) is 1. The molecule has 7 nitrogen and oxygen atoms in total. The zero-order chi connectivity index (χ0) is 16.1. The number of hydrogen-bond acceptors (Lipinski definition) is 6. The van der Waals surface area contributed by atoms with Gasteiger partial charge in [0, 0.05) is 13.0 Å². The molecule has 7 heteroatoms. The zero-order valence-corrected chi connectivity index (χ0v) is 13.3. The van der Waals surface area contributed by atoms with Crippen molar-refractivity contribution >= 4 is 5.91 Å². The van der Waals surface area contributed by atoms with E-state index in [1.54, 1.807) is 6.07 Å². The van der Waals surface area contributed by atoms with Crippen LogP contribution in [-0.2, 0) is 13.0 Å². The van der Waals surface area contributed by atoms with Gasteiger partial charge in [0.15, 0.2) is 0 Å². The van der Waals surface area contributed by atoms with Crippen LogP contribution in [0.1, 0.15) is 41.9 Å². The zero-order valence-electron chi connectivity index (χ0n) is 13.3. The van der Waals surface area contributed by atoms with Gasteiger partial charge in [-0.1, -0.05) is 6.92 Å². The number of amides is 1. The summed E-state index contributed by atoms with van der Waals surface area (Å²) < 4.78 is 10.5. The lowest BCUT2D eigenvalue weighted by Gasteiger charge is -2.30. The molecule has 0 spiro atoms. The van der Waals surface area contributed by atoms with Gasteiger partial charge in [-0.05, 0) is 37.9 Å². The van der Waals surface area contributed by atoms with E-state index in [-0.39, 0.29) is 5.91 Å². The highest BCUT2D eigenvalue weighted by molar-refractivity contribution is 5.93. The van der Waals surface area contributed by atoms with Crippen molar-refractivity contribution in [2.75, 3.05) is 19.6 Å². The van der Waals surface area contributed by atoms with E-state index in [9.17, 15) is 4.79 Å². The van der Waals surface area contributed by atoms with E-state index in [0.717, 1.165) is 32.4 Å². The first-order chi connectivity index (χ1) is 11.2. The van der Waals surface area contributed by atoms with E-state index in [1.807, 2.05) is 6.92 Å². The third-order valence-electron chi connectivity index (χ3n) is 4.21. The van der Waals surface area contributed by atoms with Gasteiger partial charge in [-0.3, -0.25) is 9.69 Å². The Morgan fingerprint density at radius 1 is 1.35 bits per heavy atom. The van der Waals surface area contributed by atoms with Crippen LogP contribution in [-0.4, -0.2) is 40.6 Å². The van der Waals surface area contributed by atoms with E-state index in [2.05, 4.69) is 20.4 Å². The quantitative estimate of drug-likeness (QED) is 0.875. The number of carbonyl (C=O) groups is 1. The summed E-state index contributed by atoms with van der Waals surface area (Å²) in [6, 6.07) is 1.67. The molecule has 124 valence electrons. The van der Waals surface area contributed by atoms with Gasteiger partial charge in [0.25, 0.3) is 5.91 Å². The van der Waals surface area contributed by atoms with Gasteiger partial charge in [-0.15, -0.1) is 10.2 Å². The third kappa shape index (κ3) is 4.19. The Morgan fingerprint density at radius 3 is 2.78 bits per heavy atom. The van der Waals surface area contributed by atoms with E-state index < -0.39 is 0 Å². The number of aromatic nitrogens is 2. The summed E-state index contributed by atoms with van der Waals surface area (Å²) in [5, 5.41) is 11.0. The second-order valence-corrected chi connectivity index (χ2v) is 5.88. The molecule has 0 bridgehead atoms. The van der Waals surface area contributed by atoms with Crippen LogP contribution in [0.5, 0.6) is 0 Å². The Balaban J connectivity index is 1.39. The summed E-state index contributed by atoms with van der Waals surface area (Å²) in [6.07, 6.45) is 5.86. The molecular formula is C16H22N4O3. The van der Waals surface area contributed by atoms with Crippen LogP contribution in [0.2, 0.25) is 0 Å². The monoisotopic (exact) mass is 318 g/mol. The standard InChI is InChI=1S/C16H22N4O3/c1-2-14-18-19-15(23-14)10-20-6-3-12(4-7-20)9-17-16(21)13-5-8-22-11-13/h5,8,11-12H,2-4,6-7,9-10H2,1H3,(H,17,21). The van der Waals surface area contributed by atoms with Crippen molar-refractivity contribution in [2.45, 2.75) is 32.7 Å². The van der Waals surface area contributed by atoms with Crippen molar-refractivity contribution < 1.29 is 13.6 Å². The number of likely N-dealkylation sites (tertiary alicyclic amines) is 1. The van der Waals surface area contributed by atoms with Crippen LogP contribution in [0.15, 0.2) is 27.4 Å². The van der Waals surface area contributed by atoms with Crippen LogP contribution in [0, 0.1) is 5.92 Å². The smallest absolute Gasteiger partial charge is 0.254 e. The highest BCUT2D eigenvalue weighted by atomic mass is 16.4. The van der Waals surface area contributed by atoms with E-state index >= 15 is 0 Å². The largest absolute Gasteiger partial charge is 0.472 e. The van der Waals surface area contributed by atoms with Gasteiger partial charge in [0.05, 0.1) is 18.4 Å².